The summed E-state index contributed by atoms with van der Waals surface area (Å²) in [6.07, 6.45) is 3.34. The van der Waals surface area contributed by atoms with Crippen LogP contribution in [0.3, 0.4) is 0 Å². The molecule has 1 N–H and O–H groups in total. The molecule has 1 aliphatic rings. The van der Waals surface area contributed by atoms with Crippen molar-refractivity contribution in [1.29, 1.82) is 0 Å². The smallest absolute Gasteiger partial charge is 0.260 e. The fourth-order valence-electron chi connectivity index (χ4n) is 4.74. The van der Waals surface area contributed by atoms with E-state index in [1.807, 2.05) is 24.3 Å². The number of furan rings is 1. The van der Waals surface area contributed by atoms with Crippen LogP contribution < -0.4 is 10.5 Å². The van der Waals surface area contributed by atoms with Crippen LogP contribution in [-0.4, -0.2) is 45.7 Å². The Bertz CT molecular complexity index is 1330. The molecule has 1 aliphatic heterocycles. The Morgan fingerprint density at radius 2 is 1.83 bits per heavy atom. The molecule has 7 nitrogen and oxygen atoms in total. The van der Waals surface area contributed by atoms with E-state index >= 15 is 0 Å². The summed E-state index contributed by atoms with van der Waals surface area (Å²) < 4.78 is 20.8. The van der Waals surface area contributed by atoms with Crippen molar-refractivity contribution in [3.05, 3.63) is 112 Å². The van der Waals surface area contributed by atoms with Crippen molar-refractivity contribution in [3.8, 4) is 5.75 Å². The molecule has 180 valence electrons. The third-order valence-corrected chi connectivity index (χ3v) is 6.53. The summed E-state index contributed by atoms with van der Waals surface area (Å²) in [5.41, 5.74) is 1.37. The first kappa shape index (κ1) is 22.9. The maximum absolute atomic E-state index is 13.8. The number of hydrogen-bond donors (Lipinski definition) is 1. The summed E-state index contributed by atoms with van der Waals surface area (Å²) in [7, 11) is 0. The average molecular weight is 475 g/mol. The lowest BCUT2D eigenvalue weighted by Gasteiger charge is -2.40. The van der Waals surface area contributed by atoms with Crippen LogP contribution in [0.15, 0.2) is 82.3 Å². The summed E-state index contributed by atoms with van der Waals surface area (Å²) in [5, 5.41) is 11.0. The van der Waals surface area contributed by atoms with Gasteiger partial charge < -0.3 is 19.0 Å². The zero-order valence-electron chi connectivity index (χ0n) is 19.5. The van der Waals surface area contributed by atoms with Crippen molar-refractivity contribution in [1.82, 2.24) is 14.5 Å². The maximum Gasteiger partial charge on any atom is 0.260 e. The van der Waals surface area contributed by atoms with Gasteiger partial charge in [0.15, 0.2) is 0 Å². The van der Waals surface area contributed by atoms with Gasteiger partial charge in [-0.3, -0.25) is 9.69 Å². The van der Waals surface area contributed by atoms with Gasteiger partial charge in [-0.15, -0.1) is 0 Å². The number of benzene rings is 1. The van der Waals surface area contributed by atoms with Crippen molar-refractivity contribution in [2.24, 2.45) is 0 Å². The number of aromatic hydroxyl groups is 1. The minimum absolute atomic E-state index is 0.0651. The molecule has 1 atom stereocenters. The first-order chi connectivity index (χ1) is 17.0. The summed E-state index contributed by atoms with van der Waals surface area (Å²) in [5.74, 6) is 1.14. The van der Waals surface area contributed by atoms with Crippen LogP contribution in [0.1, 0.15) is 28.6 Å². The molecule has 0 bridgehead atoms. The Labute approximate surface area is 202 Å². The van der Waals surface area contributed by atoms with Crippen LogP contribution in [0.5, 0.6) is 5.75 Å². The lowest BCUT2D eigenvalue weighted by Crippen LogP contribution is -2.49. The largest absolute Gasteiger partial charge is 0.507 e. The Balaban J connectivity index is 1.53. The first-order valence-corrected chi connectivity index (χ1v) is 11.6. The van der Waals surface area contributed by atoms with E-state index in [1.54, 1.807) is 48.2 Å². The van der Waals surface area contributed by atoms with E-state index in [0.29, 0.717) is 37.6 Å². The third kappa shape index (κ3) is 4.70. The molecule has 0 aliphatic carbocycles. The van der Waals surface area contributed by atoms with Gasteiger partial charge in [0.2, 0.25) is 0 Å². The second-order valence-electron chi connectivity index (χ2n) is 8.72. The minimum atomic E-state index is -0.530. The fourth-order valence-corrected chi connectivity index (χ4v) is 4.74. The Morgan fingerprint density at radius 3 is 2.49 bits per heavy atom. The van der Waals surface area contributed by atoms with Gasteiger partial charge in [-0.2, -0.15) is 0 Å². The van der Waals surface area contributed by atoms with Crippen LogP contribution in [-0.2, 0) is 6.54 Å². The molecule has 1 saturated heterocycles. The number of piperazine rings is 1. The average Bonchev–Trinajstić information content (AvgIpc) is 3.39. The highest BCUT2D eigenvalue weighted by Gasteiger charge is 2.32. The lowest BCUT2D eigenvalue weighted by molar-refractivity contribution is 0.207. The molecular weight excluding hydrogens is 447 g/mol. The number of nitrogens with zero attached hydrogens (tertiary/aromatic N) is 4. The molecule has 3 aromatic heterocycles. The fraction of sp³-hybridized carbons (Fsp3) is 0.259. The zero-order valence-corrected chi connectivity index (χ0v) is 19.5. The van der Waals surface area contributed by atoms with Crippen LogP contribution >= 0.6 is 0 Å². The minimum Gasteiger partial charge on any atom is -0.507 e. The molecule has 0 saturated carbocycles. The molecule has 4 heterocycles. The second-order valence-corrected chi connectivity index (χ2v) is 8.72. The van der Waals surface area contributed by atoms with E-state index in [4.69, 9.17) is 4.42 Å². The lowest BCUT2D eigenvalue weighted by atomic mass is 9.96. The number of halogens is 1. The van der Waals surface area contributed by atoms with Crippen LogP contribution in [0.4, 0.5) is 10.2 Å². The molecule has 0 unspecified atom stereocenters. The van der Waals surface area contributed by atoms with Gasteiger partial charge in [-0.25, -0.2) is 9.37 Å². The monoisotopic (exact) mass is 474 g/mol. The van der Waals surface area contributed by atoms with Crippen molar-refractivity contribution in [2.45, 2.75) is 19.5 Å². The van der Waals surface area contributed by atoms with Gasteiger partial charge in [0, 0.05) is 38.1 Å². The van der Waals surface area contributed by atoms with Crippen LogP contribution in [0.2, 0.25) is 0 Å². The molecule has 4 aromatic rings. The van der Waals surface area contributed by atoms with Crippen molar-refractivity contribution in [3.63, 3.8) is 0 Å². The molecule has 1 aromatic carbocycles. The number of rotatable bonds is 6. The number of pyridine rings is 2. The summed E-state index contributed by atoms with van der Waals surface area (Å²) in [4.78, 5) is 22.6. The quantitative estimate of drug-likeness (QED) is 0.456. The van der Waals surface area contributed by atoms with E-state index in [2.05, 4.69) is 14.8 Å². The van der Waals surface area contributed by atoms with Crippen molar-refractivity contribution < 1.29 is 13.9 Å². The SMILES string of the molecule is Cc1cc(O)c([C@@H](c2ccc(F)cc2)N2CCN(c3ccccn3)CC2)c(=O)n1Cc1ccco1. The Morgan fingerprint density at radius 1 is 1.06 bits per heavy atom. The van der Waals surface area contributed by atoms with E-state index in [9.17, 15) is 14.3 Å². The Kier molecular flexibility index (Phi) is 6.37. The standard InChI is InChI=1S/C27H27FN4O3/c1-19-17-23(33)25(27(34)32(19)18-22-5-4-16-35-22)26(20-7-9-21(28)10-8-20)31-14-12-30(13-15-31)24-6-2-3-11-29-24/h2-11,16-17,26,33H,12-15,18H2,1H3/t26-/m1/s1. The summed E-state index contributed by atoms with van der Waals surface area (Å²) in [6.45, 7) is 4.75. The van der Waals surface area contributed by atoms with Gasteiger partial charge >= 0.3 is 0 Å². The first-order valence-electron chi connectivity index (χ1n) is 11.6. The summed E-state index contributed by atoms with van der Waals surface area (Å²) in [6, 6.07) is 16.6. The number of anilines is 1. The predicted octanol–water partition coefficient (Wildman–Crippen LogP) is 3.95. The van der Waals surface area contributed by atoms with Crippen LogP contribution in [0, 0.1) is 12.7 Å². The van der Waals surface area contributed by atoms with E-state index in [-0.39, 0.29) is 29.2 Å². The Hall–Kier alpha value is -3.91. The van der Waals surface area contributed by atoms with E-state index in [1.165, 1.54) is 12.1 Å². The molecule has 8 heteroatoms. The zero-order chi connectivity index (χ0) is 24.4. The van der Waals surface area contributed by atoms with Crippen molar-refractivity contribution >= 4 is 5.82 Å². The molecule has 5 rings (SSSR count). The molecule has 0 amide bonds. The highest BCUT2D eigenvalue weighted by Crippen LogP contribution is 2.34. The van der Waals surface area contributed by atoms with Gasteiger partial charge in [0.05, 0.1) is 24.4 Å². The maximum atomic E-state index is 13.8. The summed E-state index contributed by atoms with van der Waals surface area (Å²) >= 11 is 0. The third-order valence-electron chi connectivity index (χ3n) is 6.53. The number of aryl methyl sites for hydroxylation is 1. The van der Waals surface area contributed by atoms with Gasteiger partial charge in [0.25, 0.3) is 5.56 Å². The normalized spacial score (nSPS) is 15.3. The van der Waals surface area contributed by atoms with Gasteiger partial charge in [0.1, 0.15) is 23.1 Å². The van der Waals surface area contributed by atoms with Gasteiger partial charge in [-0.1, -0.05) is 18.2 Å². The number of hydrogen-bond acceptors (Lipinski definition) is 6. The number of aromatic nitrogens is 2. The van der Waals surface area contributed by atoms with E-state index < -0.39 is 6.04 Å². The van der Waals surface area contributed by atoms with Gasteiger partial charge in [-0.05, 0) is 55.0 Å². The highest BCUT2D eigenvalue weighted by molar-refractivity contribution is 5.42. The molecule has 1 fully saturated rings. The van der Waals surface area contributed by atoms with Crippen molar-refractivity contribution in [2.75, 3.05) is 31.1 Å². The molecule has 35 heavy (non-hydrogen) atoms. The molecular formula is C27H27FN4O3. The predicted molar refractivity (Wildman–Crippen MR) is 131 cm³/mol. The molecule has 0 spiro atoms. The molecule has 0 radical (unpaired) electrons. The topological polar surface area (TPSA) is 74.7 Å². The highest BCUT2D eigenvalue weighted by atomic mass is 19.1. The van der Waals surface area contributed by atoms with Crippen LogP contribution in [0.25, 0.3) is 0 Å². The second kappa shape index (κ2) is 9.76. The van der Waals surface area contributed by atoms with E-state index in [0.717, 1.165) is 11.4 Å².